The molecule has 1 aliphatic heterocycles. The van der Waals surface area contributed by atoms with E-state index in [2.05, 4.69) is 4.74 Å². The second-order valence-corrected chi connectivity index (χ2v) is 7.13. The second-order valence-electron chi connectivity index (χ2n) is 5.67. The molecule has 1 heterocycles. The highest BCUT2D eigenvalue weighted by atomic mass is 32.2. The number of carbonyl (C=O) groups is 2. The van der Waals surface area contributed by atoms with E-state index in [1.54, 1.807) is 6.92 Å². The third-order valence-electron chi connectivity index (χ3n) is 3.89. The molecule has 7 nitrogen and oxygen atoms in total. The van der Waals surface area contributed by atoms with Crippen molar-refractivity contribution < 1.29 is 40.8 Å². The molecule has 0 radical (unpaired) electrons. The third kappa shape index (κ3) is 2.50. The van der Waals surface area contributed by atoms with E-state index in [4.69, 9.17) is 9.29 Å². The first-order chi connectivity index (χ1) is 9.38. The fraction of sp³-hybridized carbons (Fsp3) is 0.818. The maximum Gasteiger partial charge on any atom is 0.465 e. The van der Waals surface area contributed by atoms with Crippen LogP contribution < -0.4 is 0 Å². The summed E-state index contributed by atoms with van der Waals surface area (Å²) in [5.41, 5.74) is -1.27. The Labute approximate surface area is 119 Å². The van der Waals surface area contributed by atoms with Gasteiger partial charge in [-0.3, -0.25) is 9.35 Å². The summed E-state index contributed by atoms with van der Waals surface area (Å²) in [5, 5.41) is -5.07. The number of ether oxygens (including phenoxy) is 2. The maximum atomic E-state index is 13.2. The van der Waals surface area contributed by atoms with Crippen molar-refractivity contribution in [2.75, 3.05) is 0 Å². The van der Waals surface area contributed by atoms with Crippen molar-refractivity contribution in [3.05, 3.63) is 0 Å². The number of carbonyl (C=O) groups excluding carboxylic acids is 2. The van der Waals surface area contributed by atoms with Crippen LogP contribution in [0.4, 0.5) is 8.78 Å². The molecule has 1 saturated heterocycles. The maximum absolute atomic E-state index is 13.2. The summed E-state index contributed by atoms with van der Waals surface area (Å²) in [4.78, 5) is 22.9. The first kappa shape index (κ1) is 16.1. The number of esters is 2. The zero-order chi connectivity index (χ0) is 16.2. The van der Waals surface area contributed by atoms with E-state index in [0.29, 0.717) is 0 Å². The van der Waals surface area contributed by atoms with Crippen LogP contribution in [0, 0.1) is 11.8 Å². The second kappa shape index (κ2) is 4.60. The molecular formula is C11H14F2O7S. The Morgan fingerprint density at radius 1 is 1.52 bits per heavy atom. The van der Waals surface area contributed by atoms with Gasteiger partial charge in [0.2, 0.25) is 0 Å². The lowest BCUT2D eigenvalue weighted by molar-refractivity contribution is -0.190. The Morgan fingerprint density at radius 2 is 2.10 bits per heavy atom. The largest absolute Gasteiger partial charge is 0.465 e. The molecule has 1 aliphatic carbocycles. The van der Waals surface area contributed by atoms with E-state index < -0.39 is 44.9 Å². The quantitative estimate of drug-likeness (QED) is 0.601. The number of fused-ring (bicyclic) bond motifs is 2. The molecule has 2 fully saturated rings. The van der Waals surface area contributed by atoms with Gasteiger partial charge in [0.05, 0.1) is 5.92 Å². The lowest BCUT2D eigenvalue weighted by Crippen LogP contribution is -2.51. The molecule has 1 saturated carbocycles. The Morgan fingerprint density at radius 3 is 2.62 bits per heavy atom. The van der Waals surface area contributed by atoms with Crippen LogP contribution in [0.3, 0.4) is 0 Å². The van der Waals surface area contributed by atoms with Crippen LogP contribution in [0.5, 0.6) is 0 Å². The normalized spacial score (nSPS) is 36.2. The average Bonchev–Trinajstić information content (AvgIpc) is 2.55. The van der Waals surface area contributed by atoms with Crippen LogP contribution in [-0.2, 0) is 29.2 Å². The van der Waals surface area contributed by atoms with Gasteiger partial charge in [-0.2, -0.15) is 17.2 Å². The number of rotatable bonds is 3. The number of hydrogen-bond acceptors (Lipinski definition) is 6. The summed E-state index contributed by atoms with van der Waals surface area (Å²) in [5.74, 6) is -3.74. The molecule has 21 heavy (non-hydrogen) atoms. The Bertz CT molecular complexity index is 587. The zero-order valence-electron chi connectivity index (χ0n) is 11.2. The van der Waals surface area contributed by atoms with Gasteiger partial charge in [-0.15, -0.1) is 0 Å². The fourth-order valence-corrected chi connectivity index (χ4v) is 3.24. The molecule has 1 N–H and O–H groups in total. The summed E-state index contributed by atoms with van der Waals surface area (Å²) in [6.07, 6.45) is -0.727. The van der Waals surface area contributed by atoms with E-state index in [0.717, 1.165) is 0 Å². The van der Waals surface area contributed by atoms with Crippen LogP contribution >= 0.6 is 0 Å². The minimum absolute atomic E-state index is 0.200. The highest BCUT2D eigenvalue weighted by Crippen LogP contribution is 2.47. The van der Waals surface area contributed by atoms with Crippen molar-refractivity contribution in [2.24, 2.45) is 11.8 Å². The van der Waals surface area contributed by atoms with Crippen molar-refractivity contribution in [1.82, 2.24) is 0 Å². The predicted molar refractivity (Wildman–Crippen MR) is 62.8 cm³/mol. The van der Waals surface area contributed by atoms with Gasteiger partial charge in [0.15, 0.2) is 0 Å². The zero-order valence-corrected chi connectivity index (χ0v) is 12.0. The smallest absolute Gasteiger partial charge is 0.455 e. The van der Waals surface area contributed by atoms with E-state index in [9.17, 15) is 26.8 Å². The highest BCUT2D eigenvalue weighted by Gasteiger charge is 2.60. The summed E-state index contributed by atoms with van der Waals surface area (Å²) < 4.78 is 65.6. The standard InChI is InChI=1S/C11H14F2O7S/c1-5-3-6-4-10(2,20-8(6)14)7(5)19-9(15)11(12,13)21(16,17)18/h5-7H,3-4H2,1-2H3,(H,16,17,18). The molecule has 2 rings (SSSR count). The molecule has 120 valence electrons. The van der Waals surface area contributed by atoms with Crippen molar-refractivity contribution in [3.8, 4) is 0 Å². The molecule has 2 bridgehead atoms. The molecule has 0 aromatic heterocycles. The van der Waals surface area contributed by atoms with Gasteiger partial charge >= 0.3 is 27.3 Å². The Balaban J connectivity index is 2.23. The Kier molecular flexibility index (Phi) is 3.53. The fourth-order valence-electron chi connectivity index (χ4n) is 2.99. The van der Waals surface area contributed by atoms with E-state index in [1.165, 1.54) is 6.92 Å². The molecule has 2 aliphatic rings. The Hall–Kier alpha value is -1.29. The molecule has 0 aromatic rings. The number of hydrogen-bond donors (Lipinski definition) is 1. The molecule has 4 atom stereocenters. The SMILES string of the molecule is CC1CC2CC(C)(OC2=O)C1OC(=O)C(F)(F)S(=O)(=O)O. The van der Waals surface area contributed by atoms with E-state index in [-0.39, 0.29) is 18.8 Å². The summed E-state index contributed by atoms with van der Waals surface area (Å²) in [6, 6.07) is 0. The van der Waals surface area contributed by atoms with Crippen molar-refractivity contribution in [1.29, 1.82) is 0 Å². The van der Waals surface area contributed by atoms with Crippen LogP contribution in [-0.4, -0.2) is 41.9 Å². The summed E-state index contributed by atoms with van der Waals surface area (Å²) in [6.45, 7) is 3.01. The number of halogens is 2. The van der Waals surface area contributed by atoms with E-state index >= 15 is 0 Å². The monoisotopic (exact) mass is 328 g/mol. The van der Waals surface area contributed by atoms with E-state index in [1.807, 2.05) is 0 Å². The lowest BCUT2D eigenvalue weighted by Gasteiger charge is -2.38. The third-order valence-corrected chi connectivity index (χ3v) is 4.70. The highest BCUT2D eigenvalue weighted by molar-refractivity contribution is 7.87. The number of alkyl halides is 2. The molecule has 0 spiro atoms. The van der Waals surface area contributed by atoms with Crippen LogP contribution in [0.2, 0.25) is 0 Å². The van der Waals surface area contributed by atoms with Gasteiger partial charge in [-0.25, -0.2) is 4.79 Å². The van der Waals surface area contributed by atoms with Crippen LogP contribution in [0.15, 0.2) is 0 Å². The average molecular weight is 328 g/mol. The van der Waals surface area contributed by atoms with Crippen molar-refractivity contribution in [2.45, 2.75) is 43.6 Å². The molecule has 10 heteroatoms. The van der Waals surface area contributed by atoms with Gasteiger partial charge in [-0.05, 0) is 19.3 Å². The summed E-state index contributed by atoms with van der Waals surface area (Å²) in [7, 11) is -5.93. The molecular weight excluding hydrogens is 314 g/mol. The van der Waals surface area contributed by atoms with Gasteiger partial charge < -0.3 is 9.47 Å². The summed E-state index contributed by atoms with van der Waals surface area (Å²) >= 11 is 0. The minimum Gasteiger partial charge on any atom is -0.455 e. The van der Waals surface area contributed by atoms with Gasteiger partial charge in [0, 0.05) is 6.42 Å². The first-order valence-corrected chi connectivity index (χ1v) is 7.61. The minimum atomic E-state index is -5.93. The first-order valence-electron chi connectivity index (χ1n) is 6.17. The van der Waals surface area contributed by atoms with Crippen LogP contribution in [0.1, 0.15) is 26.7 Å². The molecule has 0 amide bonds. The van der Waals surface area contributed by atoms with Gasteiger partial charge in [-0.1, -0.05) is 6.92 Å². The van der Waals surface area contributed by atoms with Gasteiger partial charge in [0.1, 0.15) is 11.7 Å². The lowest BCUT2D eigenvalue weighted by atomic mass is 9.74. The van der Waals surface area contributed by atoms with Crippen LogP contribution in [0.25, 0.3) is 0 Å². The van der Waals surface area contributed by atoms with Gasteiger partial charge in [0.25, 0.3) is 0 Å². The predicted octanol–water partition coefficient (Wildman–Crippen LogP) is 0.740. The van der Waals surface area contributed by atoms with Crippen molar-refractivity contribution in [3.63, 3.8) is 0 Å². The molecule has 4 unspecified atom stereocenters. The van der Waals surface area contributed by atoms with Crippen molar-refractivity contribution >= 4 is 22.1 Å². The topological polar surface area (TPSA) is 107 Å². The molecule has 0 aromatic carbocycles.